The summed E-state index contributed by atoms with van der Waals surface area (Å²) >= 11 is 3.77. The molecular weight excluding hydrogens is 119 g/mol. The van der Waals surface area contributed by atoms with Crippen LogP contribution in [0.2, 0.25) is 0 Å². The summed E-state index contributed by atoms with van der Waals surface area (Å²) in [6.07, 6.45) is 0. The van der Waals surface area contributed by atoms with E-state index in [1.807, 2.05) is 0 Å². The van der Waals surface area contributed by atoms with E-state index in [0.717, 1.165) is 0 Å². The smallest absolute Gasteiger partial charge is 0.231 e. The number of hydrogen-bond donors (Lipinski definition) is 4. The molecule has 0 radical (unpaired) electrons. The number of nitrogens with two attached hydrogens (primary N) is 2. The van der Waals surface area contributed by atoms with E-state index in [-0.39, 0.29) is 0 Å². The zero-order valence-electron chi connectivity index (χ0n) is 3.00. The fraction of sp³-hybridized carbons (Fsp3) is 0. The Morgan fingerprint density at radius 3 is 2.33 bits per heavy atom. The number of hydrogen-bond acceptors (Lipinski definition) is 2. The first-order valence-electron chi connectivity index (χ1n) is 1.17. The first-order chi connectivity index (χ1) is 2.81. The molecule has 0 rings (SSSR count). The molecule has 5 N–H and O–H groups in total. The van der Waals surface area contributed by atoms with Gasteiger partial charge >= 0.3 is 7.07 Å². The van der Waals surface area contributed by atoms with E-state index < -0.39 is 7.07 Å². The highest BCUT2D eigenvalue weighted by Gasteiger charge is 1.94. The van der Waals surface area contributed by atoms with Gasteiger partial charge in [-0.1, -0.05) is 0 Å². The lowest BCUT2D eigenvalue weighted by atomic mass is 13.0. The number of rotatable bonds is 1. The molecule has 0 saturated heterocycles. The zero-order chi connectivity index (χ0) is 4.99. The summed E-state index contributed by atoms with van der Waals surface area (Å²) in [7, 11) is -0.951. The molecule has 0 aliphatic rings. The number of hydrazine groups is 1. The summed E-state index contributed by atoms with van der Waals surface area (Å²) in [5.74, 6) is 9.53. The molecule has 0 aromatic carbocycles. The van der Waals surface area contributed by atoms with Crippen LogP contribution in [0.4, 0.5) is 0 Å². The molecule has 36 valence electrons. The Bertz CT molecular complexity index is 58.6. The maximum Gasteiger partial charge on any atom is 0.398 e. The maximum atomic E-state index is 4.81. The standard InChI is InChI=1S/H6N4PS/c1-3-5(6)4-2/h1-2H2,(H2,3,4,6)/q+1. The van der Waals surface area contributed by atoms with Crippen LogP contribution >= 0.6 is 19.3 Å². The van der Waals surface area contributed by atoms with Crippen molar-refractivity contribution < 1.29 is 0 Å². The Morgan fingerprint density at radius 2 is 2.33 bits per heavy atom. The number of thiol groups is 1. The van der Waals surface area contributed by atoms with E-state index in [1.54, 1.807) is 0 Å². The molecule has 0 bridgehead atoms. The van der Waals surface area contributed by atoms with Gasteiger partial charge in [0.25, 0.3) is 0 Å². The molecule has 1 unspecified atom stereocenters. The average Bonchev–Trinajstić information content (AvgIpc) is 1.65. The molecule has 0 aliphatic heterocycles. The van der Waals surface area contributed by atoms with Crippen LogP contribution in [0.5, 0.6) is 0 Å². The van der Waals surface area contributed by atoms with Gasteiger partial charge in [-0.25, -0.2) is 5.84 Å². The van der Waals surface area contributed by atoms with Crippen molar-refractivity contribution in [2.24, 2.45) is 16.5 Å². The molecule has 6 heteroatoms. The lowest BCUT2D eigenvalue weighted by molar-refractivity contribution is 1.10. The Morgan fingerprint density at radius 1 is 1.83 bits per heavy atom. The lowest BCUT2D eigenvalue weighted by Crippen LogP contribution is -2.09. The second-order valence-electron chi connectivity index (χ2n) is 0.534. The van der Waals surface area contributed by atoms with Crippen molar-refractivity contribution in [3.05, 3.63) is 0 Å². The van der Waals surface area contributed by atoms with Gasteiger partial charge in [-0.2, -0.15) is 5.84 Å². The van der Waals surface area contributed by atoms with Crippen molar-refractivity contribution in [1.82, 2.24) is 5.20 Å². The summed E-state index contributed by atoms with van der Waals surface area (Å²) in [4.78, 5) is 3.20. The van der Waals surface area contributed by atoms with E-state index in [9.17, 15) is 0 Å². The van der Waals surface area contributed by atoms with Gasteiger partial charge in [0.1, 0.15) is 12.2 Å². The third kappa shape index (κ3) is 2.56. The van der Waals surface area contributed by atoms with Crippen LogP contribution < -0.4 is 16.9 Å². The molecule has 0 heterocycles. The molecule has 0 fully saturated rings. The maximum absolute atomic E-state index is 4.81. The molecule has 6 heavy (non-hydrogen) atoms. The van der Waals surface area contributed by atoms with Crippen molar-refractivity contribution in [2.75, 3.05) is 0 Å². The topological polar surface area (TPSA) is 76.4 Å². The minimum atomic E-state index is -0.951. The van der Waals surface area contributed by atoms with Crippen molar-refractivity contribution >= 4 is 19.3 Å². The minimum Gasteiger partial charge on any atom is -0.231 e. The van der Waals surface area contributed by atoms with Crippen LogP contribution in [0.15, 0.2) is 4.85 Å². The van der Waals surface area contributed by atoms with Crippen LogP contribution in [0, 0.1) is 0 Å². The normalized spacial score (nSPS) is 12.2. The predicted octanol–water partition coefficient (Wildman–Crippen LogP) is -0.251. The second kappa shape index (κ2) is 3.52. The Kier molecular flexibility index (Phi) is 3.71. The highest BCUT2D eigenvalue weighted by atomic mass is 32.7. The summed E-state index contributed by atoms with van der Waals surface area (Å²) < 4.78 is 0. The molecule has 0 aliphatic carbocycles. The molecular formula is H6N4PS+. The molecule has 0 aromatic heterocycles. The summed E-state index contributed by atoms with van der Waals surface area (Å²) in [5.41, 5.74) is 0. The van der Waals surface area contributed by atoms with E-state index in [0.29, 0.717) is 0 Å². The van der Waals surface area contributed by atoms with E-state index in [1.165, 1.54) is 0 Å². The summed E-state index contributed by atoms with van der Waals surface area (Å²) in [6.45, 7) is 0. The van der Waals surface area contributed by atoms with Crippen LogP contribution in [-0.2, 0) is 0 Å². The second-order valence-corrected chi connectivity index (χ2v) is 2.74. The van der Waals surface area contributed by atoms with Gasteiger partial charge in [-0.15, -0.1) is 0 Å². The van der Waals surface area contributed by atoms with Gasteiger partial charge in [0.15, 0.2) is 0 Å². The molecule has 0 amide bonds. The van der Waals surface area contributed by atoms with Crippen LogP contribution in [0.25, 0.3) is 0 Å². The van der Waals surface area contributed by atoms with E-state index in [2.05, 4.69) is 22.3 Å². The highest BCUT2D eigenvalue weighted by molar-refractivity contribution is 8.40. The fourth-order valence-corrected chi connectivity index (χ4v) is 0.100. The van der Waals surface area contributed by atoms with Crippen LogP contribution in [0.3, 0.4) is 0 Å². The first kappa shape index (κ1) is 6.33. The monoisotopic (exact) mass is 125 g/mol. The van der Waals surface area contributed by atoms with Gasteiger partial charge in [0, 0.05) is 4.85 Å². The largest absolute Gasteiger partial charge is 0.398 e. The third-order valence-corrected chi connectivity index (χ3v) is 1.33. The molecule has 0 spiro atoms. The van der Waals surface area contributed by atoms with Crippen LogP contribution in [0.1, 0.15) is 0 Å². The Hall–Kier alpha value is 0.330. The Balaban J connectivity index is 3.22. The molecule has 0 aromatic rings. The molecule has 1 atom stereocenters. The summed E-state index contributed by atoms with van der Waals surface area (Å²) in [6, 6.07) is 0. The van der Waals surface area contributed by atoms with Gasteiger partial charge in [-0.05, 0) is 5.20 Å². The molecule has 0 saturated carbocycles. The van der Waals surface area contributed by atoms with Crippen molar-refractivity contribution in [3.63, 3.8) is 0 Å². The fourth-order valence-electron chi connectivity index (χ4n) is 0.0333. The lowest BCUT2D eigenvalue weighted by Gasteiger charge is -1.69. The quantitative estimate of drug-likeness (QED) is 0.169. The van der Waals surface area contributed by atoms with Gasteiger partial charge in [-0.3, -0.25) is 0 Å². The Labute approximate surface area is 41.9 Å². The van der Waals surface area contributed by atoms with Gasteiger partial charge in [0.2, 0.25) is 0 Å². The number of nitrogens with one attached hydrogen (secondary N) is 1. The highest BCUT2D eigenvalue weighted by Crippen LogP contribution is 2.19. The summed E-state index contributed by atoms with van der Waals surface area (Å²) in [5, 5.41) is 2.25. The van der Waals surface area contributed by atoms with Gasteiger partial charge < -0.3 is 0 Å². The first-order valence-corrected chi connectivity index (χ1v) is 3.62. The number of nitrogens with zero attached hydrogens (tertiary/aromatic N) is 1. The average molecular weight is 125 g/mol. The van der Waals surface area contributed by atoms with Crippen molar-refractivity contribution in [3.8, 4) is 0 Å². The SMILES string of the molecule is N/N=[P+](\S)NN. The van der Waals surface area contributed by atoms with Gasteiger partial charge in [0.05, 0.1) is 0 Å². The van der Waals surface area contributed by atoms with Crippen molar-refractivity contribution in [1.29, 1.82) is 0 Å². The molecule has 4 nitrogen and oxygen atoms in total. The predicted molar refractivity (Wildman–Crippen MR) is 29.8 cm³/mol. The van der Waals surface area contributed by atoms with Crippen molar-refractivity contribution in [2.45, 2.75) is 0 Å². The zero-order valence-corrected chi connectivity index (χ0v) is 4.79. The van der Waals surface area contributed by atoms with E-state index in [4.69, 9.17) is 11.7 Å². The minimum absolute atomic E-state index is 0.951. The van der Waals surface area contributed by atoms with E-state index >= 15 is 0 Å². The third-order valence-electron chi connectivity index (χ3n) is 0.225. The van der Waals surface area contributed by atoms with Crippen LogP contribution in [-0.4, -0.2) is 0 Å².